The van der Waals surface area contributed by atoms with E-state index in [2.05, 4.69) is 15.9 Å². The van der Waals surface area contributed by atoms with Gasteiger partial charge in [-0.2, -0.15) is 0 Å². The lowest BCUT2D eigenvalue weighted by molar-refractivity contribution is -0.168. The highest BCUT2D eigenvalue weighted by Crippen LogP contribution is 2.44. The Bertz CT molecular complexity index is 675. The summed E-state index contributed by atoms with van der Waals surface area (Å²) in [5.74, 6) is -2.09. The first kappa shape index (κ1) is 31.3. The zero-order chi connectivity index (χ0) is 25.9. The number of alkyl halides is 1. The third-order valence-corrected chi connectivity index (χ3v) is 5.82. The minimum Gasteiger partial charge on any atom is -0.469 e. The Morgan fingerprint density at radius 1 is 0.879 bits per heavy atom. The smallest absolute Gasteiger partial charge is 0.322 e. The average molecular weight is 539 g/mol. The number of carbonyl (C=O) groups is 4. The fourth-order valence-electron chi connectivity index (χ4n) is 3.78. The van der Waals surface area contributed by atoms with Crippen LogP contribution in [0.4, 0.5) is 0 Å². The van der Waals surface area contributed by atoms with Crippen molar-refractivity contribution < 1.29 is 43.2 Å². The van der Waals surface area contributed by atoms with Crippen LogP contribution >= 0.6 is 15.9 Å². The molecule has 0 saturated carbocycles. The van der Waals surface area contributed by atoms with Crippen LogP contribution < -0.4 is 0 Å². The van der Waals surface area contributed by atoms with Crippen molar-refractivity contribution in [3.05, 3.63) is 0 Å². The van der Waals surface area contributed by atoms with Gasteiger partial charge in [0.2, 0.25) is 0 Å². The predicted octanol–water partition coefficient (Wildman–Crippen LogP) is 3.33. The van der Waals surface area contributed by atoms with Crippen LogP contribution in [0.25, 0.3) is 0 Å². The molecule has 10 heteroatoms. The highest BCUT2D eigenvalue weighted by molar-refractivity contribution is 9.10. The lowest BCUT2D eigenvalue weighted by Gasteiger charge is -2.37. The summed E-state index contributed by atoms with van der Waals surface area (Å²) in [5, 5.41) is 8.76. The summed E-state index contributed by atoms with van der Waals surface area (Å²) in [6, 6.07) is 0. The lowest BCUT2D eigenvalue weighted by atomic mass is 9.70. The molecule has 3 atom stereocenters. The van der Waals surface area contributed by atoms with Crippen molar-refractivity contribution in [3.63, 3.8) is 0 Å². The normalized spacial score (nSPS) is 16.0. The first-order chi connectivity index (χ1) is 15.1. The SMILES string of the molecule is COC(=O)C(C)(Br)CC(C)(CC(C)(C)C(=O)OCC(C)OC(=O)CCCCCO)C(=O)OC. The molecule has 0 spiro atoms. The maximum atomic E-state index is 12.8. The molecule has 0 aliphatic rings. The number of hydrogen-bond acceptors (Lipinski definition) is 9. The third kappa shape index (κ3) is 10.9. The summed E-state index contributed by atoms with van der Waals surface area (Å²) in [6.45, 7) is 8.07. The first-order valence-electron chi connectivity index (χ1n) is 11.0. The van der Waals surface area contributed by atoms with Gasteiger partial charge in [-0.3, -0.25) is 19.2 Å². The number of halogens is 1. The van der Waals surface area contributed by atoms with Crippen LogP contribution in [0.2, 0.25) is 0 Å². The van der Waals surface area contributed by atoms with Crippen molar-refractivity contribution in [1.82, 2.24) is 0 Å². The van der Waals surface area contributed by atoms with Gasteiger partial charge in [0.1, 0.15) is 17.0 Å². The second-order valence-electron chi connectivity index (χ2n) is 9.41. The Morgan fingerprint density at radius 3 is 1.97 bits per heavy atom. The molecule has 3 unspecified atom stereocenters. The van der Waals surface area contributed by atoms with E-state index in [1.807, 2.05) is 0 Å². The Kier molecular flexibility index (Phi) is 13.2. The van der Waals surface area contributed by atoms with Gasteiger partial charge in [0, 0.05) is 13.0 Å². The van der Waals surface area contributed by atoms with E-state index in [1.54, 1.807) is 34.6 Å². The minimum absolute atomic E-state index is 0.0281. The molecule has 0 radical (unpaired) electrons. The van der Waals surface area contributed by atoms with Gasteiger partial charge >= 0.3 is 23.9 Å². The van der Waals surface area contributed by atoms with Crippen LogP contribution in [-0.2, 0) is 38.1 Å². The van der Waals surface area contributed by atoms with Crippen molar-refractivity contribution in [2.45, 2.75) is 83.6 Å². The van der Waals surface area contributed by atoms with Gasteiger partial charge in [0.05, 0.1) is 25.0 Å². The van der Waals surface area contributed by atoms with E-state index in [1.165, 1.54) is 14.2 Å². The van der Waals surface area contributed by atoms with Crippen LogP contribution in [0.3, 0.4) is 0 Å². The molecular weight excluding hydrogens is 500 g/mol. The van der Waals surface area contributed by atoms with Gasteiger partial charge in [0.15, 0.2) is 0 Å². The molecule has 0 amide bonds. The van der Waals surface area contributed by atoms with E-state index in [4.69, 9.17) is 24.1 Å². The van der Waals surface area contributed by atoms with Gasteiger partial charge in [-0.25, -0.2) is 0 Å². The van der Waals surface area contributed by atoms with Crippen LogP contribution in [0.1, 0.15) is 73.1 Å². The molecule has 9 nitrogen and oxygen atoms in total. The molecular formula is C23H39BrO9. The van der Waals surface area contributed by atoms with E-state index >= 15 is 0 Å². The number of methoxy groups -OCH3 is 2. The molecule has 1 N–H and O–H groups in total. The van der Waals surface area contributed by atoms with Gasteiger partial charge in [0.25, 0.3) is 0 Å². The summed E-state index contributed by atoms with van der Waals surface area (Å²) in [5.41, 5.74) is -2.30. The van der Waals surface area contributed by atoms with E-state index in [0.29, 0.717) is 12.8 Å². The van der Waals surface area contributed by atoms with Gasteiger partial charge < -0.3 is 24.1 Å². The zero-order valence-corrected chi connectivity index (χ0v) is 22.4. The summed E-state index contributed by atoms with van der Waals surface area (Å²) in [4.78, 5) is 49.4. The maximum absolute atomic E-state index is 12.8. The molecule has 0 aliphatic carbocycles. The van der Waals surface area contributed by atoms with Crippen molar-refractivity contribution in [3.8, 4) is 0 Å². The van der Waals surface area contributed by atoms with Crippen LogP contribution in [0.15, 0.2) is 0 Å². The van der Waals surface area contributed by atoms with Crippen LogP contribution in [0, 0.1) is 10.8 Å². The van der Waals surface area contributed by atoms with Gasteiger partial charge in [-0.05, 0) is 60.3 Å². The molecule has 0 aromatic rings. The second-order valence-corrected chi connectivity index (χ2v) is 11.2. The summed E-state index contributed by atoms with van der Waals surface area (Å²) >= 11 is 3.33. The Hall–Kier alpha value is -1.68. The van der Waals surface area contributed by atoms with Crippen molar-refractivity contribution in [2.24, 2.45) is 10.8 Å². The van der Waals surface area contributed by atoms with Crippen molar-refractivity contribution in [2.75, 3.05) is 27.4 Å². The Labute approximate surface area is 205 Å². The fraction of sp³-hybridized carbons (Fsp3) is 0.826. The van der Waals surface area contributed by atoms with Crippen molar-refractivity contribution >= 4 is 39.8 Å². The van der Waals surface area contributed by atoms with Crippen LogP contribution in [0.5, 0.6) is 0 Å². The third-order valence-electron chi connectivity index (χ3n) is 5.22. The number of unbranched alkanes of at least 4 members (excludes halogenated alkanes) is 2. The van der Waals surface area contributed by atoms with E-state index in [0.717, 1.165) is 6.42 Å². The van der Waals surface area contributed by atoms with E-state index < -0.39 is 45.1 Å². The van der Waals surface area contributed by atoms with Gasteiger partial charge in [-0.1, -0.05) is 22.4 Å². The number of ether oxygens (including phenoxy) is 4. The highest BCUT2D eigenvalue weighted by Gasteiger charge is 2.49. The maximum Gasteiger partial charge on any atom is 0.322 e. The number of aliphatic hydroxyl groups is 1. The number of rotatable bonds is 15. The van der Waals surface area contributed by atoms with E-state index in [-0.39, 0.29) is 32.5 Å². The largest absolute Gasteiger partial charge is 0.469 e. The number of hydrogen-bond donors (Lipinski definition) is 1. The number of aliphatic hydroxyl groups excluding tert-OH is 1. The number of esters is 4. The van der Waals surface area contributed by atoms with Gasteiger partial charge in [-0.15, -0.1) is 0 Å². The summed E-state index contributed by atoms with van der Waals surface area (Å²) in [6.07, 6.45) is 1.64. The predicted molar refractivity (Wildman–Crippen MR) is 125 cm³/mol. The van der Waals surface area contributed by atoms with Crippen LogP contribution in [-0.4, -0.2) is 66.8 Å². The summed E-state index contributed by atoms with van der Waals surface area (Å²) < 4.78 is 19.2. The Morgan fingerprint density at radius 2 is 1.45 bits per heavy atom. The quantitative estimate of drug-likeness (QED) is 0.144. The molecule has 0 aliphatic heterocycles. The zero-order valence-electron chi connectivity index (χ0n) is 20.8. The molecule has 33 heavy (non-hydrogen) atoms. The van der Waals surface area contributed by atoms with E-state index in [9.17, 15) is 19.2 Å². The highest BCUT2D eigenvalue weighted by atomic mass is 79.9. The molecule has 192 valence electrons. The minimum atomic E-state index is -1.20. The first-order valence-corrected chi connectivity index (χ1v) is 11.8. The topological polar surface area (TPSA) is 125 Å². The molecule has 0 aromatic carbocycles. The molecule has 0 saturated heterocycles. The molecule has 0 bridgehead atoms. The molecule has 0 aromatic heterocycles. The summed E-state index contributed by atoms with van der Waals surface area (Å²) in [7, 11) is 2.50. The standard InChI is InChI=1S/C23H39BrO9/c1-16(33-17(26)11-9-8-10-12-25)13-32-18(27)21(2,3)14-22(4,19(28)30-6)15-23(5,24)20(29)31-7/h16,25H,8-15H2,1-7H3. The van der Waals surface area contributed by atoms with Crippen molar-refractivity contribution in [1.29, 1.82) is 0 Å². The molecule has 0 heterocycles. The molecule has 0 fully saturated rings. The molecule has 0 rings (SSSR count). The average Bonchev–Trinajstić information content (AvgIpc) is 2.72. The number of carbonyl (C=O) groups excluding carboxylic acids is 4. The lowest BCUT2D eigenvalue weighted by Crippen LogP contribution is -2.44. The monoisotopic (exact) mass is 538 g/mol. The second kappa shape index (κ2) is 13.9. The Balaban J connectivity index is 5.07. The fourth-order valence-corrected chi connectivity index (χ4v) is 4.56.